The van der Waals surface area contributed by atoms with Crippen LogP contribution in [0.5, 0.6) is 0 Å². The number of rotatable bonds is 6. The minimum absolute atomic E-state index is 0.955. The van der Waals surface area contributed by atoms with Gasteiger partial charge in [-0.1, -0.05) is 47.0 Å². The minimum atomic E-state index is 0.955. The van der Waals surface area contributed by atoms with Gasteiger partial charge in [-0.05, 0) is 12.8 Å². The summed E-state index contributed by atoms with van der Waals surface area (Å²) in [6.45, 7) is 10.5. The number of hydrogen-bond acceptors (Lipinski definition) is 1. The monoisotopic (exact) mass is 174 g/mol. The smallest absolute Gasteiger partial charge is 0.0465 e. The summed E-state index contributed by atoms with van der Waals surface area (Å²) in [5.41, 5.74) is 0. The van der Waals surface area contributed by atoms with Crippen molar-refractivity contribution >= 4 is 0 Å². The third kappa shape index (κ3) is 22.5. The van der Waals surface area contributed by atoms with Crippen LogP contribution >= 0.6 is 0 Å². The lowest BCUT2D eigenvalue weighted by molar-refractivity contribution is 0.128. The van der Waals surface area contributed by atoms with Crippen LogP contribution in [0, 0.1) is 0 Å². The van der Waals surface area contributed by atoms with E-state index in [-0.39, 0.29) is 0 Å². The highest BCUT2D eigenvalue weighted by atomic mass is 16.5. The average Bonchev–Trinajstić information content (AvgIpc) is 2.06. The molecule has 0 unspecified atom stereocenters. The first-order valence-corrected chi connectivity index (χ1v) is 5.41. The molecule has 0 amide bonds. The van der Waals surface area contributed by atoms with Gasteiger partial charge in [0.05, 0.1) is 0 Å². The third-order valence-electron chi connectivity index (χ3n) is 1.28. The van der Waals surface area contributed by atoms with Crippen molar-refractivity contribution in [1.29, 1.82) is 0 Å². The molecule has 0 fully saturated rings. The van der Waals surface area contributed by atoms with E-state index in [2.05, 4.69) is 27.7 Å². The number of hydrogen-bond donors (Lipinski definition) is 0. The summed E-state index contributed by atoms with van der Waals surface area (Å²) in [5.74, 6) is 0. The molecule has 0 aliphatic rings. The van der Waals surface area contributed by atoms with Crippen molar-refractivity contribution in [3.05, 3.63) is 0 Å². The van der Waals surface area contributed by atoms with Crippen molar-refractivity contribution < 1.29 is 4.74 Å². The van der Waals surface area contributed by atoms with E-state index in [9.17, 15) is 0 Å². The van der Waals surface area contributed by atoms with Gasteiger partial charge in [0.15, 0.2) is 0 Å². The molecule has 0 aromatic heterocycles. The van der Waals surface area contributed by atoms with Crippen LogP contribution in [0.4, 0.5) is 0 Å². The van der Waals surface area contributed by atoms with Crippen LogP contribution in [-0.4, -0.2) is 13.2 Å². The highest BCUT2D eigenvalue weighted by Gasteiger charge is 1.84. The largest absolute Gasteiger partial charge is 0.381 e. The van der Waals surface area contributed by atoms with Gasteiger partial charge in [-0.25, -0.2) is 0 Å². The van der Waals surface area contributed by atoms with Crippen LogP contribution in [0.3, 0.4) is 0 Å². The van der Waals surface area contributed by atoms with Gasteiger partial charge in [-0.15, -0.1) is 0 Å². The molecule has 0 aliphatic heterocycles. The highest BCUT2D eigenvalue weighted by molar-refractivity contribution is 4.33. The van der Waals surface area contributed by atoms with Gasteiger partial charge in [-0.3, -0.25) is 0 Å². The van der Waals surface area contributed by atoms with Crippen molar-refractivity contribution in [2.75, 3.05) is 13.2 Å². The van der Waals surface area contributed by atoms with E-state index < -0.39 is 0 Å². The van der Waals surface area contributed by atoms with E-state index in [1.54, 1.807) is 0 Å². The molecule has 0 rings (SSSR count). The summed E-state index contributed by atoms with van der Waals surface area (Å²) in [6, 6.07) is 0. The Balaban J connectivity index is 0. The van der Waals surface area contributed by atoms with Crippen LogP contribution in [-0.2, 0) is 4.74 Å². The maximum absolute atomic E-state index is 5.31. The standard InChI is InChI=1S/C8H18O.C3H8/c1-3-5-7-9-8-6-4-2;1-3-2/h3-8H2,1-2H3;3H2,1-2H3. The highest BCUT2D eigenvalue weighted by Crippen LogP contribution is 1.91. The van der Waals surface area contributed by atoms with Crippen molar-refractivity contribution in [2.45, 2.75) is 59.8 Å². The van der Waals surface area contributed by atoms with Gasteiger partial charge in [0.1, 0.15) is 0 Å². The fourth-order valence-corrected chi connectivity index (χ4v) is 0.595. The molecule has 1 heteroatoms. The maximum atomic E-state index is 5.31. The van der Waals surface area contributed by atoms with E-state index in [4.69, 9.17) is 4.74 Å². The van der Waals surface area contributed by atoms with Gasteiger partial charge in [0.25, 0.3) is 0 Å². The Morgan fingerprint density at radius 1 is 0.750 bits per heavy atom. The molecule has 0 aliphatic carbocycles. The second kappa shape index (κ2) is 17.2. The zero-order valence-electron chi connectivity index (χ0n) is 9.36. The summed E-state index contributed by atoms with van der Waals surface area (Å²) >= 11 is 0. The molecule has 12 heavy (non-hydrogen) atoms. The quantitative estimate of drug-likeness (QED) is 0.553. The Morgan fingerprint density at radius 3 is 1.33 bits per heavy atom. The average molecular weight is 174 g/mol. The van der Waals surface area contributed by atoms with Crippen LogP contribution in [0.25, 0.3) is 0 Å². The van der Waals surface area contributed by atoms with E-state index >= 15 is 0 Å². The van der Waals surface area contributed by atoms with E-state index in [0.29, 0.717) is 0 Å². The van der Waals surface area contributed by atoms with Crippen LogP contribution < -0.4 is 0 Å². The second-order valence-corrected chi connectivity index (χ2v) is 3.03. The zero-order chi connectivity index (χ0) is 9.66. The minimum Gasteiger partial charge on any atom is -0.381 e. The summed E-state index contributed by atoms with van der Waals surface area (Å²) in [7, 11) is 0. The van der Waals surface area contributed by atoms with Gasteiger partial charge < -0.3 is 4.74 Å². The first-order valence-electron chi connectivity index (χ1n) is 5.41. The summed E-state index contributed by atoms with van der Waals surface area (Å²) in [6.07, 6.45) is 6.16. The molecule has 0 saturated heterocycles. The fraction of sp³-hybridized carbons (Fsp3) is 1.00. The van der Waals surface area contributed by atoms with Crippen LogP contribution in [0.2, 0.25) is 0 Å². The Kier molecular flexibility index (Phi) is 20.7. The van der Waals surface area contributed by atoms with Gasteiger partial charge in [-0.2, -0.15) is 0 Å². The molecule has 0 aromatic carbocycles. The molecular formula is C11H26O. The molecule has 0 bridgehead atoms. The van der Waals surface area contributed by atoms with E-state index in [0.717, 1.165) is 13.2 Å². The SMILES string of the molecule is CCC.CCCCOCCCC. The molecule has 0 heterocycles. The molecular weight excluding hydrogens is 148 g/mol. The Hall–Kier alpha value is -0.0400. The lowest BCUT2D eigenvalue weighted by Crippen LogP contribution is -1.95. The molecule has 1 nitrogen and oxygen atoms in total. The lowest BCUT2D eigenvalue weighted by Gasteiger charge is -1.99. The van der Waals surface area contributed by atoms with Gasteiger partial charge in [0, 0.05) is 13.2 Å². The summed E-state index contributed by atoms with van der Waals surface area (Å²) in [5, 5.41) is 0. The lowest BCUT2D eigenvalue weighted by atomic mass is 10.3. The van der Waals surface area contributed by atoms with Gasteiger partial charge >= 0.3 is 0 Å². The summed E-state index contributed by atoms with van der Waals surface area (Å²) < 4.78 is 5.31. The topological polar surface area (TPSA) is 9.23 Å². The Morgan fingerprint density at radius 2 is 1.08 bits per heavy atom. The molecule has 0 spiro atoms. The third-order valence-corrected chi connectivity index (χ3v) is 1.28. The Bertz CT molecular complexity index is 47.0. The first kappa shape index (κ1) is 14.5. The van der Waals surface area contributed by atoms with Crippen LogP contribution in [0.1, 0.15) is 59.8 Å². The predicted octanol–water partition coefficient (Wildman–Crippen LogP) is 4.02. The number of unbranched alkanes of at least 4 members (excludes halogenated alkanes) is 2. The fourth-order valence-electron chi connectivity index (χ4n) is 0.595. The molecule has 0 aromatic rings. The maximum Gasteiger partial charge on any atom is 0.0465 e. The first-order chi connectivity index (χ1) is 5.83. The van der Waals surface area contributed by atoms with Crippen molar-refractivity contribution in [3.63, 3.8) is 0 Å². The normalized spacial score (nSPS) is 9.00. The van der Waals surface area contributed by atoms with Crippen molar-refractivity contribution in [3.8, 4) is 0 Å². The molecule has 0 radical (unpaired) electrons. The van der Waals surface area contributed by atoms with Crippen LogP contribution in [0.15, 0.2) is 0 Å². The predicted molar refractivity (Wildman–Crippen MR) is 56.6 cm³/mol. The second-order valence-electron chi connectivity index (χ2n) is 3.03. The number of ether oxygens (including phenoxy) is 1. The molecule has 0 N–H and O–H groups in total. The van der Waals surface area contributed by atoms with E-state index in [1.165, 1.54) is 32.1 Å². The van der Waals surface area contributed by atoms with E-state index in [1.807, 2.05) is 0 Å². The molecule has 76 valence electrons. The zero-order valence-corrected chi connectivity index (χ0v) is 9.36. The van der Waals surface area contributed by atoms with Crippen molar-refractivity contribution in [1.82, 2.24) is 0 Å². The molecule has 0 saturated carbocycles. The Labute approximate surface area is 78.5 Å². The van der Waals surface area contributed by atoms with Crippen molar-refractivity contribution in [2.24, 2.45) is 0 Å². The summed E-state index contributed by atoms with van der Waals surface area (Å²) in [4.78, 5) is 0. The van der Waals surface area contributed by atoms with Gasteiger partial charge in [0.2, 0.25) is 0 Å². The molecule has 0 atom stereocenters.